The molecule has 2 aromatic carbocycles. The number of thiophene rings is 1. The third-order valence-electron chi connectivity index (χ3n) is 5.47. The summed E-state index contributed by atoms with van der Waals surface area (Å²) >= 11 is 1.55. The molecule has 33 heavy (non-hydrogen) atoms. The second-order valence-corrected chi connectivity index (χ2v) is 8.58. The minimum Gasteiger partial charge on any atom is -0.496 e. The van der Waals surface area contributed by atoms with Crippen molar-refractivity contribution in [2.75, 3.05) is 19.4 Å². The first-order valence-corrected chi connectivity index (χ1v) is 11.2. The molecule has 5 aromatic rings. The number of ether oxygens (including phenoxy) is 1. The summed E-state index contributed by atoms with van der Waals surface area (Å²) in [6, 6.07) is 15.4. The Bertz CT molecular complexity index is 1470. The topological polar surface area (TPSA) is 103 Å². The van der Waals surface area contributed by atoms with Gasteiger partial charge in [-0.15, -0.1) is 11.3 Å². The summed E-state index contributed by atoms with van der Waals surface area (Å²) in [6.45, 7) is 0.530. The molecule has 0 aliphatic rings. The number of methoxy groups -OCH3 is 1. The number of hydrogen-bond acceptors (Lipinski definition) is 7. The molecule has 8 heteroatoms. The predicted octanol–water partition coefficient (Wildman–Crippen LogP) is 4.47. The highest BCUT2D eigenvalue weighted by molar-refractivity contribution is 7.26. The van der Waals surface area contributed by atoms with E-state index in [1.54, 1.807) is 36.9 Å². The molecule has 0 spiro atoms. The molecule has 0 saturated heterocycles. The molecule has 5 rings (SSSR count). The van der Waals surface area contributed by atoms with E-state index in [-0.39, 0.29) is 5.91 Å². The number of aromatic nitrogens is 3. The average Bonchev–Trinajstić information content (AvgIpc) is 3.23. The number of anilines is 1. The van der Waals surface area contributed by atoms with E-state index in [0.29, 0.717) is 23.7 Å². The second-order valence-electron chi connectivity index (χ2n) is 7.53. The van der Waals surface area contributed by atoms with Crippen LogP contribution in [-0.2, 0) is 6.42 Å². The van der Waals surface area contributed by atoms with Crippen LogP contribution in [0.2, 0.25) is 0 Å². The van der Waals surface area contributed by atoms with Crippen molar-refractivity contribution in [3.63, 3.8) is 0 Å². The van der Waals surface area contributed by atoms with Gasteiger partial charge in [-0.1, -0.05) is 18.2 Å². The van der Waals surface area contributed by atoms with E-state index >= 15 is 0 Å². The van der Waals surface area contributed by atoms with Gasteiger partial charge < -0.3 is 15.8 Å². The largest absolute Gasteiger partial charge is 0.496 e. The van der Waals surface area contributed by atoms with Gasteiger partial charge in [0.1, 0.15) is 17.9 Å². The quantitative estimate of drug-likeness (QED) is 0.392. The molecule has 3 aromatic heterocycles. The van der Waals surface area contributed by atoms with E-state index in [0.717, 1.165) is 43.4 Å². The molecule has 0 aliphatic heterocycles. The maximum Gasteiger partial charge on any atom is 0.251 e. The van der Waals surface area contributed by atoms with Crippen molar-refractivity contribution in [2.24, 2.45) is 0 Å². The Hall–Kier alpha value is -4.04. The minimum absolute atomic E-state index is 0.131. The van der Waals surface area contributed by atoms with Gasteiger partial charge in [0, 0.05) is 40.2 Å². The first-order chi connectivity index (χ1) is 16.1. The fraction of sp³-hybridized carbons (Fsp3) is 0.120. The van der Waals surface area contributed by atoms with E-state index < -0.39 is 0 Å². The Kier molecular flexibility index (Phi) is 5.58. The molecule has 3 heterocycles. The number of rotatable bonds is 6. The fourth-order valence-corrected chi connectivity index (χ4v) is 4.90. The van der Waals surface area contributed by atoms with Crippen molar-refractivity contribution >= 4 is 43.4 Å². The van der Waals surface area contributed by atoms with Gasteiger partial charge in [-0.25, -0.2) is 9.97 Å². The smallest absolute Gasteiger partial charge is 0.251 e. The molecule has 0 unspecified atom stereocenters. The lowest BCUT2D eigenvalue weighted by Crippen LogP contribution is -2.25. The van der Waals surface area contributed by atoms with E-state index in [2.05, 4.69) is 26.3 Å². The summed E-state index contributed by atoms with van der Waals surface area (Å²) in [5.41, 5.74) is 10.3. The average molecular weight is 456 g/mol. The van der Waals surface area contributed by atoms with E-state index in [1.165, 1.54) is 6.33 Å². The molecule has 3 N–H and O–H groups in total. The lowest BCUT2D eigenvalue weighted by atomic mass is 10.0. The van der Waals surface area contributed by atoms with Crippen molar-refractivity contribution in [3.05, 3.63) is 78.4 Å². The minimum atomic E-state index is -0.131. The number of amides is 1. The first-order valence-electron chi connectivity index (χ1n) is 10.4. The van der Waals surface area contributed by atoms with Gasteiger partial charge in [-0.2, -0.15) is 0 Å². The number of carbonyl (C=O) groups excluding carboxylic acids is 1. The molecule has 0 aliphatic carbocycles. The summed E-state index contributed by atoms with van der Waals surface area (Å²) < 4.78 is 7.50. The zero-order valence-corrected chi connectivity index (χ0v) is 18.7. The normalized spacial score (nSPS) is 11.1. The second kappa shape index (κ2) is 8.84. The van der Waals surface area contributed by atoms with Crippen LogP contribution in [0.25, 0.3) is 31.4 Å². The lowest BCUT2D eigenvalue weighted by molar-refractivity contribution is 0.0954. The molecule has 0 saturated carbocycles. The number of nitrogen functional groups attached to an aromatic ring is 1. The summed E-state index contributed by atoms with van der Waals surface area (Å²) in [6.07, 6.45) is 5.74. The zero-order chi connectivity index (χ0) is 22.8. The molecule has 0 radical (unpaired) electrons. The van der Waals surface area contributed by atoms with Crippen LogP contribution in [0.4, 0.5) is 5.82 Å². The summed E-state index contributed by atoms with van der Waals surface area (Å²) in [5.74, 6) is 1.04. The van der Waals surface area contributed by atoms with Crippen LogP contribution in [0, 0.1) is 0 Å². The van der Waals surface area contributed by atoms with Gasteiger partial charge in [0.15, 0.2) is 0 Å². The fourth-order valence-electron chi connectivity index (χ4n) is 3.80. The number of fused-ring (bicyclic) bond motifs is 3. The Morgan fingerprint density at radius 1 is 1.15 bits per heavy atom. The van der Waals surface area contributed by atoms with Crippen LogP contribution < -0.4 is 15.8 Å². The maximum absolute atomic E-state index is 12.8. The van der Waals surface area contributed by atoms with Crippen LogP contribution in [0.1, 0.15) is 15.9 Å². The van der Waals surface area contributed by atoms with Gasteiger partial charge in [-0.05, 0) is 47.9 Å². The van der Waals surface area contributed by atoms with Crippen molar-refractivity contribution in [1.29, 1.82) is 0 Å². The van der Waals surface area contributed by atoms with Crippen molar-refractivity contribution in [1.82, 2.24) is 20.3 Å². The summed E-state index contributed by atoms with van der Waals surface area (Å²) in [5, 5.41) is 4.01. The van der Waals surface area contributed by atoms with Crippen LogP contribution in [0.5, 0.6) is 5.75 Å². The summed E-state index contributed by atoms with van der Waals surface area (Å²) in [4.78, 5) is 25.4. The molecule has 0 bridgehead atoms. The number of benzene rings is 2. The molecule has 1 amide bonds. The van der Waals surface area contributed by atoms with Crippen LogP contribution >= 0.6 is 11.3 Å². The van der Waals surface area contributed by atoms with Crippen molar-refractivity contribution in [3.8, 4) is 16.9 Å². The maximum atomic E-state index is 12.8. The Labute approximate surface area is 194 Å². The predicted molar refractivity (Wildman–Crippen MR) is 132 cm³/mol. The number of nitrogens with two attached hydrogens (primary N) is 1. The standard InChI is InChI=1S/C25H21N5O2S/c1-32-20-7-5-17(25(31)28-10-8-15-3-2-9-27-13-15)11-19(20)16-4-6-18-21(12-16)33-23-22(18)29-14-30-24(23)26/h2-7,9,11-14H,8,10H2,1H3,(H,28,31)(H2,26,29,30). The van der Waals surface area contributed by atoms with Crippen molar-refractivity contribution < 1.29 is 9.53 Å². The molecule has 164 valence electrons. The number of pyridine rings is 1. The van der Waals surface area contributed by atoms with Gasteiger partial charge in [-0.3, -0.25) is 9.78 Å². The Morgan fingerprint density at radius 3 is 2.88 bits per heavy atom. The van der Waals surface area contributed by atoms with Gasteiger partial charge in [0.2, 0.25) is 0 Å². The highest BCUT2D eigenvalue weighted by Crippen LogP contribution is 2.39. The Morgan fingerprint density at radius 2 is 2.06 bits per heavy atom. The number of hydrogen-bond donors (Lipinski definition) is 2. The SMILES string of the molecule is COc1ccc(C(=O)NCCc2cccnc2)cc1-c1ccc2c(c1)sc1c(N)ncnc12. The number of carbonyl (C=O) groups is 1. The van der Waals surface area contributed by atoms with Gasteiger partial charge in [0.05, 0.1) is 17.3 Å². The highest BCUT2D eigenvalue weighted by Gasteiger charge is 2.15. The van der Waals surface area contributed by atoms with Crippen molar-refractivity contribution in [2.45, 2.75) is 6.42 Å². The van der Waals surface area contributed by atoms with E-state index in [4.69, 9.17) is 10.5 Å². The zero-order valence-electron chi connectivity index (χ0n) is 17.9. The first kappa shape index (κ1) is 20.8. The molecule has 0 atom stereocenters. The number of nitrogens with zero attached hydrogens (tertiary/aromatic N) is 3. The van der Waals surface area contributed by atoms with Crippen LogP contribution in [-0.4, -0.2) is 34.5 Å². The lowest BCUT2D eigenvalue weighted by Gasteiger charge is -2.12. The van der Waals surface area contributed by atoms with Crippen LogP contribution in [0.15, 0.2) is 67.3 Å². The molecule has 0 fully saturated rings. The van der Waals surface area contributed by atoms with Crippen LogP contribution in [0.3, 0.4) is 0 Å². The monoisotopic (exact) mass is 455 g/mol. The van der Waals surface area contributed by atoms with Gasteiger partial charge >= 0.3 is 0 Å². The van der Waals surface area contributed by atoms with Gasteiger partial charge in [0.25, 0.3) is 5.91 Å². The summed E-state index contributed by atoms with van der Waals surface area (Å²) in [7, 11) is 1.63. The molecular formula is C25H21N5O2S. The molecular weight excluding hydrogens is 434 g/mol. The third kappa shape index (κ3) is 4.08. The van der Waals surface area contributed by atoms with E-state index in [1.807, 2.05) is 36.4 Å². The molecule has 7 nitrogen and oxygen atoms in total. The Balaban J connectivity index is 1.44. The third-order valence-corrected chi connectivity index (χ3v) is 6.64. The van der Waals surface area contributed by atoms with E-state index in [9.17, 15) is 4.79 Å². The highest BCUT2D eigenvalue weighted by atomic mass is 32.1. The number of nitrogens with one attached hydrogen (secondary N) is 1.